The summed E-state index contributed by atoms with van der Waals surface area (Å²) in [5.74, 6) is -2.62. The Bertz CT molecular complexity index is 905. The molecule has 0 fully saturated rings. The lowest BCUT2D eigenvalue weighted by atomic mass is 9.86. The van der Waals surface area contributed by atoms with E-state index >= 15 is 0 Å². The van der Waals surface area contributed by atoms with Crippen LogP contribution in [0.3, 0.4) is 0 Å². The van der Waals surface area contributed by atoms with E-state index in [1.165, 1.54) is 16.7 Å². The van der Waals surface area contributed by atoms with Crippen LogP contribution < -0.4 is 10.1 Å². The molecule has 35 heavy (non-hydrogen) atoms. The van der Waals surface area contributed by atoms with Crippen molar-refractivity contribution >= 4 is 11.9 Å². The van der Waals surface area contributed by atoms with E-state index in [-0.39, 0.29) is 11.8 Å². The molecule has 0 radical (unpaired) electrons. The molecular weight excluding hydrogens is 463 g/mol. The Morgan fingerprint density at radius 3 is 1.86 bits per heavy atom. The van der Waals surface area contributed by atoms with Gasteiger partial charge in [0.25, 0.3) is 0 Å². The maximum absolute atomic E-state index is 10.6. The number of aliphatic carboxylic acids is 2. The van der Waals surface area contributed by atoms with Crippen molar-refractivity contribution in [3.05, 3.63) is 65.2 Å². The topological polar surface area (TPSA) is 95.9 Å². The van der Waals surface area contributed by atoms with Gasteiger partial charge in [-0.2, -0.15) is 13.2 Å². The van der Waals surface area contributed by atoms with Crippen LogP contribution in [-0.2, 0) is 27.8 Å². The van der Waals surface area contributed by atoms with Gasteiger partial charge in [-0.1, -0.05) is 57.2 Å². The number of ether oxygens (including phenoxy) is 1. The number of hydrogen-bond donors (Lipinski definition) is 3. The Kier molecular flexibility index (Phi) is 12.3. The zero-order valence-electron chi connectivity index (χ0n) is 20.3. The summed E-state index contributed by atoms with van der Waals surface area (Å²) in [4.78, 5) is 19.3. The van der Waals surface area contributed by atoms with Gasteiger partial charge in [0.15, 0.2) is 0 Å². The third-order valence-electron chi connectivity index (χ3n) is 4.98. The molecule has 0 spiro atoms. The summed E-state index contributed by atoms with van der Waals surface area (Å²) in [6, 6.07) is 17.1. The van der Waals surface area contributed by atoms with Gasteiger partial charge in [0.05, 0.1) is 13.0 Å². The average molecular weight is 498 g/mol. The standard InChI is InChI=1S/C24H33NO3.C2HF3O2/c1-24(2,3)21-10-6-20(7-11-21)15-18-28-22-12-8-19(9-13-22)5-4-16-25-17-14-23(26)27;3-2(4,5)1(6)7/h6-13,25H,4-5,14-18H2,1-3H3,(H,26,27);(H,6,7). The van der Waals surface area contributed by atoms with Gasteiger partial charge in [-0.15, -0.1) is 0 Å². The minimum Gasteiger partial charge on any atom is -0.493 e. The highest BCUT2D eigenvalue weighted by atomic mass is 19.4. The van der Waals surface area contributed by atoms with Crippen molar-refractivity contribution in [3.8, 4) is 5.75 Å². The quantitative estimate of drug-likeness (QED) is 0.368. The van der Waals surface area contributed by atoms with Gasteiger partial charge in [-0.3, -0.25) is 4.79 Å². The molecule has 0 bridgehead atoms. The van der Waals surface area contributed by atoms with Gasteiger partial charge in [0, 0.05) is 13.0 Å². The molecule has 2 aromatic rings. The van der Waals surface area contributed by atoms with E-state index in [1.807, 2.05) is 12.1 Å². The number of carboxylic acids is 2. The fraction of sp³-hybridized carbons (Fsp3) is 0.462. The Balaban J connectivity index is 0.000000762. The molecule has 0 aliphatic heterocycles. The van der Waals surface area contributed by atoms with Gasteiger partial charge >= 0.3 is 18.1 Å². The number of hydrogen-bond acceptors (Lipinski definition) is 4. The molecule has 2 aromatic carbocycles. The minimum atomic E-state index is -5.08. The van der Waals surface area contributed by atoms with Crippen molar-refractivity contribution in [2.75, 3.05) is 19.7 Å². The number of nitrogens with one attached hydrogen (secondary N) is 1. The highest BCUT2D eigenvalue weighted by Crippen LogP contribution is 2.22. The maximum Gasteiger partial charge on any atom is 0.490 e. The number of alkyl halides is 3. The summed E-state index contributed by atoms with van der Waals surface area (Å²) in [5.41, 5.74) is 4.10. The van der Waals surface area contributed by atoms with Crippen LogP contribution >= 0.6 is 0 Å². The van der Waals surface area contributed by atoms with Gasteiger partial charge in [-0.05, 0) is 53.6 Å². The highest BCUT2D eigenvalue weighted by molar-refractivity contribution is 5.73. The second-order valence-electron chi connectivity index (χ2n) is 8.99. The van der Waals surface area contributed by atoms with Crippen LogP contribution in [0.4, 0.5) is 13.2 Å². The zero-order valence-corrected chi connectivity index (χ0v) is 20.3. The number of rotatable bonds is 11. The first-order valence-corrected chi connectivity index (χ1v) is 11.3. The van der Waals surface area contributed by atoms with Crippen molar-refractivity contribution in [1.82, 2.24) is 5.32 Å². The molecule has 0 aromatic heterocycles. The van der Waals surface area contributed by atoms with Crippen LogP contribution in [0.15, 0.2) is 48.5 Å². The van der Waals surface area contributed by atoms with E-state index in [0.29, 0.717) is 13.2 Å². The minimum absolute atomic E-state index is 0.173. The maximum atomic E-state index is 10.6. The Morgan fingerprint density at radius 2 is 1.37 bits per heavy atom. The van der Waals surface area contributed by atoms with Crippen LogP contribution in [0.2, 0.25) is 0 Å². The summed E-state index contributed by atoms with van der Waals surface area (Å²) in [6.07, 6.45) is -2.05. The first kappa shape index (κ1) is 30.0. The van der Waals surface area contributed by atoms with E-state index in [9.17, 15) is 18.0 Å². The van der Waals surface area contributed by atoms with E-state index in [0.717, 1.165) is 31.6 Å². The van der Waals surface area contributed by atoms with Crippen LogP contribution in [-0.4, -0.2) is 48.0 Å². The van der Waals surface area contributed by atoms with Crippen molar-refractivity contribution in [1.29, 1.82) is 0 Å². The second-order valence-corrected chi connectivity index (χ2v) is 8.99. The van der Waals surface area contributed by atoms with E-state index in [2.05, 4.69) is 62.5 Å². The van der Waals surface area contributed by atoms with E-state index in [4.69, 9.17) is 19.7 Å². The number of carboxylic acid groups (broad SMARTS) is 2. The van der Waals surface area contributed by atoms with E-state index < -0.39 is 18.1 Å². The van der Waals surface area contributed by atoms with E-state index in [1.54, 1.807) is 0 Å². The Hall–Kier alpha value is -3.07. The number of halogens is 3. The smallest absolute Gasteiger partial charge is 0.490 e. The van der Waals surface area contributed by atoms with Crippen molar-refractivity contribution < 1.29 is 37.7 Å². The zero-order chi connectivity index (χ0) is 26.5. The predicted molar refractivity (Wildman–Crippen MR) is 128 cm³/mol. The lowest BCUT2D eigenvalue weighted by Gasteiger charge is -2.19. The molecule has 0 aliphatic carbocycles. The van der Waals surface area contributed by atoms with Gasteiger partial charge in [0.1, 0.15) is 5.75 Å². The lowest BCUT2D eigenvalue weighted by molar-refractivity contribution is -0.192. The summed E-state index contributed by atoms with van der Waals surface area (Å²) >= 11 is 0. The Labute approximate surface area is 204 Å². The third kappa shape index (κ3) is 13.4. The fourth-order valence-electron chi connectivity index (χ4n) is 2.95. The molecule has 3 N–H and O–H groups in total. The van der Waals surface area contributed by atoms with Crippen LogP contribution in [0.1, 0.15) is 50.3 Å². The molecule has 194 valence electrons. The number of carbonyl (C=O) groups is 2. The normalized spacial score (nSPS) is 11.4. The molecule has 0 aliphatic rings. The molecule has 6 nitrogen and oxygen atoms in total. The van der Waals surface area contributed by atoms with Gasteiger partial charge in [-0.25, -0.2) is 4.79 Å². The largest absolute Gasteiger partial charge is 0.493 e. The lowest BCUT2D eigenvalue weighted by Crippen LogP contribution is -2.21. The van der Waals surface area contributed by atoms with Crippen LogP contribution in [0.25, 0.3) is 0 Å². The van der Waals surface area contributed by atoms with Crippen LogP contribution in [0.5, 0.6) is 5.75 Å². The first-order chi connectivity index (χ1) is 16.3. The SMILES string of the molecule is CC(C)(C)c1ccc(CCOc2ccc(CCCNCCC(=O)O)cc2)cc1.O=C(O)C(F)(F)F. The molecule has 2 rings (SSSR count). The highest BCUT2D eigenvalue weighted by Gasteiger charge is 2.38. The monoisotopic (exact) mass is 497 g/mol. The molecular formula is C26H34F3NO5. The molecule has 0 saturated carbocycles. The molecule has 0 heterocycles. The molecule has 0 atom stereocenters. The molecule has 0 amide bonds. The fourth-order valence-corrected chi connectivity index (χ4v) is 2.95. The Morgan fingerprint density at radius 1 is 0.857 bits per heavy atom. The average Bonchev–Trinajstić information content (AvgIpc) is 2.76. The first-order valence-electron chi connectivity index (χ1n) is 11.3. The molecule has 0 unspecified atom stereocenters. The molecule has 0 saturated heterocycles. The van der Waals surface area contributed by atoms with Crippen molar-refractivity contribution in [3.63, 3.8) is 0 Å². The number of benzene rings is 2. The van der Waals surface area contributed by atoms with Crippen LogP contribution in [0, 0.1) is 0 Å². The second kappa shape index (κ2) is 14.4. The number of aryl methyl sites for hydroxylation is 1. The van der Waals surface area contributed by atoms with Gasteiger partial charge < -0.3 is 20.3 Å². The summed E-state index contributed by atoms with van der Waals surface area (Å²) in [7, 11) is 0. The van der Waals surface area contributed by atoms with Crippen molar-refractivity contribution in [2.45, 2.75) is 58.0 Å². The van der Waals surface area contributed by atoms with Gasteiger partial charge in [0.2, 0.25) is 0 Å². The van der Waals surface area contributed by atoms with Crippen molar-refractivity contribution in [2.24, 2.45) is 0 Å². The predicted octanol–water partition coefficient (Wildman–Crippen LogP) is 5.24. The summed E-state index contributed by atoms with van der Waals surface area (Å²) in [6.45, 7) is 8.71. The summed E-state index contributed by atoms with van der Waals surface area (Å²) < 4.78 is 37.6. The third-order valence-corrected chi connectivity index (χ3v) is 4.98. The molecule has 9 heteroatoms. The summed E-state index contributed by atoms with van der Waals surface area (Å²) in [5, 5.41) is 18.9.